The molecule has 0 atom stereocenters. The van der Waals surface area contributed by atoms with Crippen LogP contribution in [0.15, 0.2) is 30.7 Å². The second-order valence-corrected chi connectivity index (χ2v) is 4.03. The van der Waals surface area contributed by atoms with E-state index in [-0.39, 0.29) is 0 Å². The van der Waals surface area contributed by atoms with Gasteiger partial charge in [-0.15, -0.1) is 0 Å². The Morgan fingerprint density at radius 1 is 1.44 bits per heavy atom. The minimum atomic E-state index is 0.610. The molecule has 0 saturated heterocycles. The van der Waals surface area contributed by atoms with Gasteiger partial charge in [0, 0.05) is 31.0 Å². The molecule has 0 aliphatic heterocycles. The van der Waals surface area contributed by atoms with Crippen molar-refractivity contribution in [1.82, 2.24) is 14.8 Å². The summed E-state index contributed by atoms with van der Waals surface area (Å²) in [6.45, 7) is 3.81. The Morgan fingerprint density at radius 2 is 2.33 bits per heavy atom. The number of nitrogens with one attached hydrogen (secondary N) is 1. The number of hydrogen-bond donors (Lipinski definition) is 1. The van der Waals surface area contributed by atoms with E-state index in [9.17, 15) is 0 Å². The quantitative estimate of drug-likeness (QED) is 0.849. The van der Waals surface area contributed by atoms with Crippen molar-refractivity contribution in [3.63, 3.8) is 0 Å². The number of ether oxygens (including phenoxy) is 1. The highest BCUT2D eigenvalue weighted by atomic mass is 16.5. The molecule has 0 amide bonds. The van der Waals surface area contributed by atoms with Crippen molar-refractivity contribution in [2.24, 2.45) is 0 Å². The van der Waals surface area contributed by atoms with E-state index in [2.05, 4.69) is 28.5 Å². The predicted molar refractivity (Wildman–Crippen MR) is 70.6 cm³/mol. The maximum atomic E-state index is 5.18. The fraction of sp³-hybridized carbons (Fsp3) is 0.385. The molecule has 5 heteroatoms. The molecule has 0 bridgehead atoms. The molecule has 2 rings (SSSR count). The zero-order valence-electron chi connectivity index (χ0n) is 10.8. The van der Waals surface area contributed by atoms with Gasteiger partial charge < -0.3 is 10.1 Å². The van der Waals surface area contributed by atoms with Crippen molar-refractivity contribution in [2.45, 2.75) is 26.4 Å². The topological polar surface area (TPSA) is 52.0 Å². The monoisotopic (exact) mass is 246 g/mol. The van der Waals surface area contributed by atoms with Crippen LogP contribution >= 0.6 is 0 Å². The lowest BCUT2D eigenvalue weighted by Crippen LogP contribution is -2.02. The van der Waals surface area contributed by atoms with Gasteiger partial charge in [0.2, 0.25) is 5.88 Å². The van der Waals surface area contributed by atoms with Crippen LogP contribution in [0.1, 0.15) is 18.9 Å². The number of pyridine rings is 1. The third kappa shape index (κ3) is 3.00. The number of methoxy groups -OCH3 is 1. The smallest absolute Gasteiger partial charge is 0.237 e. The highest BCUT2D eigenvalue weighted by molar-refractivity contribution is 5.52. The minimum Gasteiger partial charge on any atom is -0.480 e. The summed E-state index contributed by atoms with van der Waals surface area (Å²) in [5, 5.41) is 7.59. The Hall–Kier alpha value is -2.04. The molecule has 5 nitrogen and oxygen atoms in total. The van der Waals surface area contributed by atoms with Gasteiger partial charge >= 0.3 is 0 Å². The second kappa shape index (κ2) is 6.05. The Kier molecular flexibility index (Phi) is 4.17. The molecule has 18 heavy (non-hydrogen) atoms. The molecular weight excluding hydrogens is 228 g/mol. The zero-order chi connectivity index (χ0) is 12.8. The molecule has 0 unspecified atom stereocenters. The van der Waals surface area contributed by atoms with Crippen molar-refractivity contribution < 1.29 is 4.74 Å². The lowest BCUT2D eigenvalue weighted by atomic mass is 10.3. The third-order valence-corrected chi connectivity index (χ3v) is 2.59. The molecule has 1 N–H and O–H groups in total. The van der Waals surface area contributed by atoms with Crippen LogP contribution in [0.4, 0.5) is 5.69 Å². The van der Waals surface area contributed by atoms with E-state index in [0.717, 1.165) is 24.2 Å². The fourth-order valence-electron chi connectivity index (χ4n) is 1.73. The van der Waals surface area contributed by atoms with Gasteiger partial charge in [0.15, 0.2) is 0 Å². The van der Waals surface area contributed by atoms with Crippen molar-refractivity contribution in [3.05, 3.63) is 36.3 Å². The predicted octanol–water partition coefficient (Wildman–Crippen LogP) is 2.31. The first-order chi connectivity index (χ1) is 8.83. The summed E-state index contributed by atoms with van der Waals surface area (Å²) in [6.07, 6.45) is 6.74. The van der Waals surface area contributed by atoms with Crippen LogP contribution < -0.4 is 10.1 Å². The zero-order valence-corrected chi connectivity index (χ0v) is 10.8. The van der Waals surface area contributed by atoms with E-state index < -0.39 is 0 Å². The summed E-state index contributed by atoms with van der Waals surface area (Å²) < 4.78 is 7.14. The van der Waals surface area contributed by atoms with Gasteiger partial charge in [0.05, 0.1) is 19.0 Å². The highest BCUT2D eigenvalue weighted by Gasteiger charge is 2.03. The molecule has 0 aromatic carbocycles. The Balaban J connectivity index is 1.97. The molecule has 2 aromatic heterocycles. The van der Waals surface area contributed by atoms with Gasteiger partial charge in [0.1, 0.15) is 0 Å². The van der Waals surface area contributed by atoms with Gasteiger partial charge in [-0.25, -0.2) is 4.98 Å². The molecule has 0 spiro atoms. The molecule has 0 radical (unpaired) electrons. The van der Waals surface area contributed by atoms with Gasteiger partial charge in [-0.2, -0.15) is 5.10 Å². The van der Waals surface area contributed by atoms with Crippen LogP contribution in [0.2, 0.25) is 0 Å². The molecule has 0 aliphatic carbocycles. The third-order valence-electron chi connectivity index (χ3n) is 2.59. The molecular formula is C13H18N4O. The van der Waals surface area contributed by atoms with Gasteiger partial charge in [-0.1, -0.05) is 6.92 Å². The highest BCUT2D eigenvalue weighted by Crippen LogP contribution is 2.20. The Bertz CT molecular complexity index is 495. The first-order valence-corrected chi connectivity index (χ1v) is 6.07. The summed E-state index contributed by atoms with van der Waals surface area (Å²) in [4.78, 5) is 4.14. The molecule has 0 aliphatic rings. The average Bonchev–Trinajstić information content (AvgIpc) is 2.85. The number of anilines is 1. The van der Waals surface area contributed by atoms with Gasteiger partial charge in [-0.05, 0) is 18.6 Å². The molecule has 0 fully saturated rings. The van der Waals surface area contributed by atoms with E-state index in [4.69, 9.17) is 4.74 Å². The number of aromatic nitrogens is 3. The van der Waals surface area contributed by atoms with E-state index in [1.165, 1.54) is 0 Å². The first kappa shape index (κ1) is 12.4. The van der Waals surface area contributed by atoms with Crippen LogP contribution in [0.25, 0.3) is 0 Å². The Labute approximate surface area is 107 Å². The standard InChI is InChI=1S/C13H18N4O/c1-3-7-17-10-11(9-16-17)8-15-12-5-4-6-14-13(12)18-2/h4-6,9-10,15H,3,7-8H2,1-2H3. The number of hydrogen-bond acceptors (Lipinski definition) is 4. The molecule has 0 saturated carbocycles. The van der Waals surface area contributed by atoms with Crippen LogP contribution in [0.5, 0.6) is 5.88 Å². The largest absolute Gasteiger partial charge is 0.480 e. The average molecular weight is 246 g/mol. The number of rotatable bonds is 6. The summed E-state index contributed by atoms with van der Waals surface area (Å²) in [5.41, 5.74) is 2.04. The lowest BCUT2D eigenvalue weighted by molar-refractivity contribution is 0.399. The molecule has 2 aromatic rings. The lowest BCUT2D eigenvalue weighted by Gasteiger charge is -2.08. The van der Waals surface area contributed by atoms with Crippen molar-refractivity contribution in [2.75, 3.05) is 12.4 Å². The second-order valence-electron chi connectivity index (χ2n) is 4.03. The number of nitrogens with zero attached hydrogens (tertiary/aromatic N) is 3. The molecule has 2 heterocycles. The maximum absolute atomic E-state index is 5.18. The van der Waals surface area contributed by atoms with Crippen molar-refractivity contribution >= 4 is 5.69 Å². The van der Waals surface area contributed by atoms with Gasteiger partial charge in [-0.3, -0.25) is 4.68 Å². The van der Waals surface area contributed by atoms with Crippen LogP contribution in [-0.4, -0.2) is 21.9 Å². The minimum absolute atomic E-state index is 0.610. The van der Waals surface area contributed by atoms with Crippen LogP contribution in [0, 0.1) is 0 Å². The van der Waals surface area contributed by atoms with E-state index >= 15 is 0 Å². The molecule has 96 valence electrons. The summed E-state index contributed by atoms with van der Waals surface area (Å²) >= 11 is 0. The van der Waals surface area contributed by atoms with Crippen molar-refractivity contribution in [3.8, 4) is 5.88 Å². The first-order valence-electron chi connectivity index (χ1n) is 6.07. The SMILES string of the molecule is CCCn1cc(CNc2cccnc2OC)cn1. The van der Waals surface area contributed by atoms with E-state index in [1.807, 2.05) is 23.0 Å². The summed E-state index contributed by atoms with van der Waals surface area (Å²) in [7, 11) is 1.62. The summed E-state index contributed by atoms with van der Waals surface area (Å²) in [6, 6.07) is 3.83. The Morgan fingerprint density at radius 3 is 3.11 bits per heavy atom. The fourth-order valence-corrected chi connectivity index (χ4v) is 1.73. The normalized spacial score (nSPS) is 10.3. The van der Waals surface area contributed by atoms with Crippen LogP contribution in [-0.2, 0) is 13.1 Å². The van der Waals surface area contributed by atoms with Crippen molar-refractivity contribution in [1.29, 1.82) is 0 Å². The van der Waals surface area contributed by atoms with E-state index in [0.29, 0.717) is 12.4 Å². The number of aryl methyl sites for hydroxylation is 1. The van der Waals surface area contributed by atoms with Gasteiger partial charge in [0.25, 0.3) is 0 Å². The van der Waals surface area contributed by atoms with E-state index in [1.54, 1.807) is 13.3 Å². The maximum Gasteiger partial charge on any atom is 0.237 e. The summed E-state index contributed by atoms with van der Waals surface area (Å²) in [5.74, 6) is 0.610. The van der Waals surface area contributed by atoms with Crippen LogP contribution in [0.3, 0.4) is 0 Å².